The van der Waals surface area contributed by atoms with Crippen LogP contribution in [0.25, 0.3) is 0 Å². The van der Waals surface area contributed by atoms with Crippen molar-refractivity contribution in [3.05, 3.63) is 0 Å². The molecule has 0 amide bonds. The Morgan fingerprint density at radius 1 is 0.600 bits per heavy atom. The minimum Gasteiger partial charge on any atom is -0.481 e. The van der Waals surface area contributed by atoms with E-state index in [1.165, 1.54) is 0 Å². The van der Waals surface area contributed by atoms with Gasteiger partial charge in [0.1, 0.15) is 0 Å². The Labute approximate surface area is 118 Å². The van der Waals surface area contributed by atoms with Crippen LogP contribution in [-0.2, 0) is 14.4 Å². The van der Waals surface area contributed by atoms with Crippen LogP contribution < -0.4 is 0 Å². The van der Waals surface area contributed by atoms with Crippen LogP contribution >= 0.6 is 0 Å². The van der Waals surface area contributed by atoms with Crippen molar-refractivity contribution in [1.29, 1.82) is 0 Å². The molecule has 6 nitrogen and oxygen atoms in total. The Balaban J connectivity index is 3.93. The summed E-state index contributed by atoms with van der Waals surface area (Å²) in [6.45, 7) is 0. The van der Waals surface area contributed by atoms with E-state index in [-0.39, 0.29) is 19.3 Å². The van der Waals surface area contributed by atoms with Gasteiger partial charge in [-0.15, -0.1) is 0 Å². The molecule has 0 atom stereocenters. The predicted octanol–water partition coefficient (Wildman–Crippen LogP) is 2.76. The topological polar surface area (TPSA) is 112 Å². The number of hydrogen-bond donors (Lipinski definition) is 3. The predicted molar refractivity (Wildman–Crippen MR) is 72.6 cm³/mol. The van der Waals surface area contributed by atoms with Gasteiger partial charge in [-0.05, 0) is 38.0 Å². The summed E-state index contributed by atoms with van der Waals surface area (Å²) in [6.07, 6.45) is 5.36. The number of carboxylic acid groups (broad SMARTS) is 3. The molecule has 0 bridgehead atoms. The highest BCUT2D eigenvalue weighted by atomic mass is 16.4. The molecule has 0 heterocycles. The Hall–Kier alpha value is -1.59. The van der Waals surface area contributed by atoms with Gasteiger partial charge in [-0.2, -0.15) is 0 Å². The fourth-order valence-electron chi connectivity index (χ4n) is 2.23. The largest absolute Gasteiger partial charge is 0.481 e. The van der Waals surface area contributed by atoms with Gasteiger partial charge in [0.15, 0.2) is 0 Å². The van der Waals surface area contributed by atoms with Gasteiger partial charge < -0.3 is 15.3 Å². The molecule has 0 aliphatic heterocycles. The zero-order valence-electron chi connectivity index (χ0n) is 11.7. The molecule has 116 valence electrons. The fraction of sp³-hybridized carbons (Fsp3) is 0.786. The second-order valence-corrected chi connectivity index (χ2v) is 5.08. The zero-order chi connectivity index (χ0) is 15.4. The lowest BCUT2D eigenvalue weighted by molar-refractivity contribution is -0.138. The van der Waals surface area contributed by atoms with Crippen LogP contribution in [0, 0.1) is 5.92 Å². The van der Waals surface area contributed by atoms with Gasteiger partial charge >= 0.3 is 17.9 Å². The molecule has 0 aliphatic carbocycles. The van der Waals surface area contributed by atoms with Crippen LogP contribution in [0.3, 0.4) is 0 Å². The van der Waals surface area contributed by atoms with Crippen molar-refractivity contribution in [1.82, 2.24) is 0 Å². The first-order valence-corrected chi connectivity index (χ1v) is 7.07. The highest BCUT2D eigenvalue weighted by Crippen LogP contribution is 2.22. The summed E-state index contributed by atoms with van der Waals surface area (Å²) < 4.78 is 0. The number of rotatable bonds is 13. The third-order valence-corrected chi connectivity index (χ3v) is 3.26. The van der Waals surface area contributed by atoms with Crippen LogP contribution in [0.4, 0.5) is 0 Å². The van der Waals surface area contributed by atoms with E-state index in [9.17, 15) is 14.4 Å². The maximum absolute atomic E-state index is 10.5. The van der Waals surface area contributed by atoms with Crippen molar-refractivity contribution in [3.8, 4) is 0 Å². The van der Waals surface area contributed by atoms with Crippen molar-refractivity contribution in [2.75, 3.05) is 0 Å². The van der Waals surface area contributed by atoms with E-state index >= 15 is 0 Å². The van der Waals surface area contributed by atoms with E-state index in [0.29, 0.717) is 25.2 Å². The molecule has 0 aromatic carbocycles. The molecule has 0 aliphatic rings. The molecule has 20 heavy (non-hydrogen) atoms. The minimum atomic E-state index is -0.819. The number of carbonyl (C=O) groups is 3. The first kappa shape index (κ1) is 18.4. The van der Waals surface area contributed by atoms with Crippen molar-refractivity contribution in [2.45, 2.75) is 64.2 Å². The maximum Gasteiger partial charge on any atom is 0.303 e. The molecule has 0 fully saturated rings. The lowest BCUT2D eigenvalue weighted by atomic mass is 9.90. The van der Waals surface area contributed by atoms with Gasteiger partial charge in [0.2, 0.25) is 0 Å². The first-order chi connectivity index (χ1) is 9.41. The first-order valence-electron chi connectivity index (χ1n) is 7.07. The molecule has 6 heteroatoms. The zero-order valence-corrected chi connectivity index (χ0v) is 11.7. The van der Waals surface area contributed by atoms with Crippen LogP contribution in [0.15, 0.2) is 0 Å². The van der Waals surface area contributed by atoms with Gasteiger partial charge in [0, 0.05) is 19.3 Å². The van der Waals surface area contributed by atoms with Crippen LogP contribution in [0.2, 0.25) is 0 Å². The highest BCUT2D eigenvalue weighted by Gasteiger charge is 2.11. The second-order valence-electron chi connectivity index (χ2n) is 5.08. The third kappa shape index (κ3) is 12.9. The van der Waals surface area contributed by atoms with E-state index in [4.69, 9.17) is 15.3 Å². The van der Waals surface area contributed by atoms with Gasteiger partial charge in [-0.3, -0.25) is 14.4 Å². The van der Waals surface area contributed by atoms with E-state index in [1.54, 1.807) is 0 Å². The molecule has 0 rings (SSSR count). The third-order valence-electron chi connectivity index (χ3n) is 3.26. The molecule has 3 N–H and O–H groups in total. The Morgan fingerprint density at radius 2 is 0.950 bits per heavy atom. The quantitative estimate of drug-likeness (QED) is 0.449. The van der Waals surface area contributed by atoms with Crippen LogP contribution in [0.1, 0.15) is 64.2 Å². The number of unbranched alkanes of at least 4 members (excludes halogenated alkanes) is 1. The van der Waals surface area contributed by atoms with Gasteiger partial charge in [-0.25, -0.2) is 0 Å². The number of hydrogen-bond acceptors (Lipinski definition) is 3. The number of carboxylic acids is 3. The Bertz CT molecular complexity index is 293. The molecule has 0 saturated heterocycles. The minimum absolute atomic E-state index is 0.130. The van der Waals surface area contributed by atoms with Gasteiger partial charge in [0.05, 0.1) is 0 Å². The SMILES string of the molecule is O=C(O)CCCCC(CCCC(=O)O)CCCC(=O)O. The summed E-state index contributed by atoms with van der Waals surface area (Å²) in [5, 5.41) is 25.8. The Kier molecular flexibility index (Phi) is 10.4. The lowest BCUT2D eigenvalue weighted by Crippen LogP contribution is -2.05. The summed E-state index contributed by atoms with van der Waals surface area (Å²) in [4.78, 5) is 31.4. The average Bonchev–Trinajstić information content (AvgIpc) is 2.32. The fourth-order valence-corrected chi connectivity index (χ4v) is 2.23. The molecule has 0 aromatic heterocycles. The summed E-state index contributed by atoms with van der Waals surface area (Å²) in [5.41, 5.74) is 0. The van der Waals surface area contributed by atoms with E-state index in [2.05, 4.69) is 0 Å². The standard InChI is InChI=1S/C14H24O6/c15-12(16)8-2-1-5-11(6-3-9-13(17)18)7-4-10-14(19)20/h11H,1-10H2,(H,15,16)(H,17,18)(H,19,20). The molecule has 0 saturated carbocycles. The summed E-state index contributed by atoms with van der Waals surface area (Å²) in [7, 11) is 0. The maximum atomic E-state index is 10.5. The van der Waals surface area contributed by atoms with Gasteiger partial charge in [0.25, 0.3) is 0 Å². The monoisotopic (exact) mass is 288 g/mol. The molecular weight excluding hydrogens is 264 g/mol. The van der Waals surface area contributed by atoms with Crippen molar-refractivity contribution >= 4 is 17.9 Å². The smallest absolute Gasteiger partial charge is 0.303 e. The van der Waals surface area contributed by atoms with Crippen LogP contribution in [0.5, 0.6) is 0 Å². The van der Waals surface area contributed by atoms with E-state index in [0.717, 1.165) is 25.7 Å². The molecule has 0 radical (unpaired) electrons. The summed E-state index contributed by atoms with van der Waals surface area (Å²) in [6, 6.07) is 0. The number of aliphatic carboxylic acids is 3. The van der Waals surface area contributed by atoms with E-state index < -0.39 is 17.9 Å². The van der Waals surface area contributed by atoms with Crippen molar-refractivity contribution < 1.29 is 29.7 Å². The molecule has 0 unspecified atom stereocenters. The second kappa shape index (κ2) is 11.3. The van der Waals surface area contributed by atoms with Crippen molar-refractivity contribution in [2.24, 2.45) is 5.92 Å². The summed E-state index contributed by atoms with van der Waals surface area (Å²) in [5.74, 6) is -2.15. The van der Waals surface area contributed by atoms with E-state index in [1.807, 2.05) is 0 Å². The molecule has 0 spiro atoms. The molecule has 0 aromatic rings. The lowest BCUT2D eigenvalue weighted by Gasteiger charge is -2.15. The average molecular weight is 288 g/mol. The summed E-state index contributed by atoms with van der Waals surface area (Å²) >= 11 is 0. The normalized spacial score (nSPS) is 10.7. The molecular formula is C14H24O6. The highest BCUT2D eigenvalue weighted by molar-refractivity contribution is 5.67. The Morgan fingerprint density at radius 3 is 1.35 bits per heavy atom. The van der Waals surface area contributed by atoms with Crippen LogP contribution in [-0.4, -0.2) is 33.2 Å². The van der Waals surface area contributed by atoms with Gasteiger partial charge in [-0.1, -0.05) is 12.8 Å². The van der Waals surface area contributed by atoms with Crippen molar-refractivity contribution in [3.63, 3.8) is 0 Å².